The van der Waals surface area contributed by atoms with E-state index in [4.69, 9.17) is 14.2 Å². The molecule has 0 saturated carbocycles. The smallest absolute Gasteiger partial charge is 0.191 e. The summed E-state index contributed by atoms with van der Waals surface area (Å²) < 4.78 is 16.8. The highest BCUT2D eigenvalue weighted by molar-refractivity contribution is 5.80. The molecule has 7 nitrogen and oxygen atoms in total. The van der Waals surface area contributed by atoms with Crippen molar-refractivity contribution in [3.8, 4) is 0 Å². The zero-order valence-electron chi connectivity index (χ0n) is 17.0. The van der Waals surface area contributed by atoms with E-state index < -0.39 is 0 Å². The first kappa shape index (κ1) is 20.8. The van der Waals surface area contributed by atoms with Gasteiger partial charge in [-0.25, -0.2) is 0 Å². The van der Waals surface area contributed by atoms with Crippen molar-refractivity contribution >= 4 is 5.96 Å². The lowest BCUT2D eigenvalue weighted by Gasteiger charge is -2.34. The molecule has 3 saturated heterocycles. The Morgan fingerprint density at radius 2 is 2.07 bits per heavy atom. The number of rotatable bonds is 9. The molecule has 0 amide bonds. The largest absolute Gasteiger partial charge is 0.381 e. The van der Waals surface area contributed by atoms with Gasteiger partial charge in [0.2, 0.25) is 0 Å². The van der Waals surface area contributed by atoms with Crippen LogP contribution in [0.4, 0.5) is 0 Å². The number of likely N-dealkylation sites (tertiary alicyclic amines) is 1. The number of ether oxygens (including phenoxy) is 3. The van der Waals surface area contributed by atoms with Gasteiger partial charge in [-0.15, -0.1) is 0 Å². The maximum absolute atomic E-state index is 5.71. The van der Waals surface area contributed by atoms with Crippen LogP contribution in [0.3, 0.4) is 0 Å². The first-order chi connectivity index (χ1) is 13.3. The van der Waals surface area contributed by atoms with Crippen LogP contribution >= 0.6 is 0 Å². The lowest BCUT2D eigenvalue weighted by molar-refractivity contribution is 0.0200. The van der Waals surface area contributed by atoms with Crippen LogP contribution < -0.4 is 10.6 Å². The molecule has 0 aromatic heterocycles. The van der Waals surface area contributed by atoms with Gasteiger partial charge in [0.15, 0.2) is 5.96 Å². The molecular formula is C20H38N4O3. The van der Waals surface area contributed by atoms with Crippen molar-refractivity contribution in [2.24, 2.45) is 10.9 Å². The summed E-state index contributed by atoms with van der Waals surface area (Å²) in [6.07, 6.45) is 6.15. The van der Waals surface area contributed by atoms with E-state index in [0.29, 0.717) is 31.9 Å². The molecule has 0 aromatic rings. The highest BCUT2D eigenvalue weighted by Gasteiger charge is 2.24. The van der Waals surface area contributed by atoms with E-state index in [2.05, 4.69) is 27.4 Å². The highest BCUT2D eigenvalue weighted by Crippen LogP contribution is 2.17. The number of guanidine groups is 1. The Balaban J connectivity index is 1.31. The first-order valence-electron chi connectivity index (χ1n) is 10.9. The summed E-state index contributed by atoms with van der Waals surface area (Å²) in [6.45, 7) is 11.3. The molecule has 3 rings (SSSR count). The fourth-order valence-electron chi connectivity index (χ4n) is 4.08. The molecule has 0 bridgehead atoms. The Bertz CT molecular complexity index is 429. The highest BCUT2D eigenvalue weighted by atomic mass is 16.5. The molecule has 7 heteroatoms. The third-order valence-electron chi connectivity index (χ3n) is 5.65. The zero-order valence-corrected chi connectivity index (χ0v) is 17.0. The first-order valence-corrected chi connectivity index (χ1v) is 10.9. The lowest BCUT2D eigenvalue weighted by Crippen LogP contribution is -2.49. The molecule has 156 valence electrons. The summed E-state index contributed by atoms with van der Waals surface area (Å²) in [5, 5.41) is 6.97. The van der Waals surface area contributed by atoms with Crippen LogP contribution in [0, 0.1) is 5.92 Å². The van der Waals surface area contributed by atoms with Gasteiger partial charge in [0.1, 0.15) is 0 Å². The van der Waals surface area contributed by atoms with E-state index in [1.807, 2.05) is 0 Å². The average Bonchev–Trinajstić information content (AvgIpc) is 3.37. The van der Waals surface area contributed by atoms with Crippen molar-refractivity contribution in [2.45, 2.75) is 51.2 Å². The van der Waals surface area contributed by atoms with Crippen molar-refractivity contribution in [3.63, 3.8) is 0 Å². The lowest BCUT2D eigenvalue weighted by atomic mass is 10.0. The topological polar surface area (TPSA) is 67.4 Å². The van der Waals surface area contributed by atoms with Gasteiger partial charge in [-0.2, -0.15) is 0 Å². The number of aliphatic imine (C=N–C) groups is 1. The maximum atomic E-state index is 5.71. The van der Waals surface area contributed by atoms with Gasteiger partial charge in [0.05, 0.1) is 32.5 Å². The summed E-state index contributed by atoms with van der Waals surface area (Å²) in [5.41, 5.74) is 0. The second-order valence-corrected chi connectivity index (χ2v) is 7.92. The molecule has 3 aliphatic rings. The fraction of sp³-hybridized carbons (Fsp3) is 0.950. The molecule has 2 atom stereocenters. The quantitative estimate of drug-likeness (QED) is 0.355. The fourth-order valence-corrected chi connectivity index (χ4v) is 4.08. The molecule has 2 N–H and O–H groups in total. The van der Waals surface area contributed by atoms with Crippen LogP contribution in [0.1, 0.15) is 39.0 Å². The van der Waals surface area contributed by atoms with Crippen LogP contribution in [0.5, 0.6) is 0 Å². The second kappa shape index (κ2) is 11.8. The SMILES string of the molecule is CCNC(=NCCOCC1CCCO1)NC1CCN(CC2CCOC2)CC1. The Morgan fingerprint density at radius 1 is 1.19 bits per heavy atom. The van der Waals surface area contributed by atoms with Crippen molar-refractivity contribution in [3.05, 3.63) is 0 Å². The normalized spacial score (nSPS) is 28.0. The third kappa shape index (κ3) is 7.56. The zero-order chi connectivity index (χ0) is 18.7. The van der Waals surface area contributed by atoms with Gasteiger partial charge in [-0.3, -0.25) is 4.99 Å². The van der Waals surface area contributed by atoms with Gasteiger partial charge >= 0.3 is 0 Å². The van der Waals surface area contributed by atoms with E-state index in [0.717, 1.165) is 64.2 Å². The van der Waals surface area contributed by atoms with Crippen molar-refractivity contribution < 1.29 is 14.2 Å². The predicted molar refractivity (Wildman–Crippen MR) is 107 cm³/mol. The molecule has 27 heavy (non-hydrogen) atoms. The van der Waals surface area contributed by atoms with Gasteiger partial charge in [-0.1, -0.05) is 0 Å². The molecule has 3 aliphatic heterocycles. The molecule has 3 fully saturated rings. The number of nitrogens with zero attached hydrogens (tertiary/aromatic N) is 2. The van der Waals surface area contributed by atoms with Gasteiger partial charge < -0.3 is 29.7 Å². The maximum Gasteiger partial charge on any atom is 0.191 e. The van der Waals surface area contributed by atoms with E-state index >= 15 is 0 Å². The van der Waals surface area contributed by atoms with E-state index in [9.17, 15) is 0 Å². The Hall–Kier alpha value is -0.890. The van der Waals surface area contributed by atoms with Gasteiger partial charge in [0.25, 0.3) is 0 Å². The van der Waals surface area contributed by atoms with Gasteiger partial charge in [0, 0.05) is 45.4 Å². The van der Waals surface area contributed by atoms with E-state index in [1.54, 1.807) is 0 Å². The Labute approximate surface area is 164 Å². The van der Waals surface area contributed by atoms with Gasteiger partial charge in [-0.05, 0) is 44.9 Å². The Kier molecular flexibility index (Phi) is 9.14. The number of nitrogens with one attached hydrogen (secondary N) is 2. The monoisotopic (exact) mass is 382 g/mol. The molecule has 0 aromatic carbocycles. The number of hydrogen-bond donors (Lipinski definition) is 2. The molecule has 0 radical (unpaired) electrons. The Morgan fingerprint density at radius 3 is 2.78 bits per heavy atom. The van der Waals surface area contributed by atoms with Crippen LogP contribution in [0.2, 0.25) is 0 Å². The number of piperidine rings is 1. The van der Waals surface area contributed by atoms with Crippen LogP contribution in [-0.4, -0.2) is 88.8 Å². The van der Waals surface area contributed by atoms with Crippen LogP contribution in [0.15, 0.2) is 4.99 Å². The summed E-state index contributed by atoms with van der Waals surface area (Å²) in [5.74, 6) is 1.66. The van der Waals surface area contributed by atoms with Crippen molar-refractivity contribution in [1.29, 1.82) is 0 Å². The van der Waals surface area contributed by atoms with Crippen molar-refractivity contribution in [2.75, 3.05) is 65.8 Å². The molecule has 3 heterocycles. The third-order valence-corrected chi connectivity index (χ3v) is 5.65. The molecule has 2 unspecified atom stereocenters. The summed E-state index contributed by atoms with van der Waals surface area (Å²) in [7, 11) is 0. The predicted octanol–water partition coefficient (Wildman–Crippen LogP) is 1.24. The molecular weight excluding hydrogens is 344 g/mol. The minimum Gasteiger partial charge on any atom is -0.381 e. The average molecular weight is 383 g/mol. The molecule has 0 aliphatic carbocycles. The van der Waals surface area contributed by atoms with E-state index in [1.165, 1.54) is 25.8 Å². The minimum absolute atomic E-state index is 0.293. The number of hydrogen-bond acceptors (Lipinski definition) is 5. The second-order valence-electron chi connectivity index (χ2n) is 7.92. The summed E-state index contributed by atoms with van der Waals surface area (Å²) >= 11 is 0. The van der Waals surface area contributed by atoms with E-state index in [-0.39, 0.29) is 0 Å². The van der Waals surface area contributed by atoms with Crippen LogP contribution in [0.25, 0.3) is 0 Å². The standard InChI is InChI=1S/C20H38N4O3/c1-2-21-20(22-8-13-26-16-19-4-3-11-27-19)23-18-5-9-24(10-6-18)14-17-7-12-25-15-17/h17-19H,2-16H2,1H3,(H2,21,22,23). The minimum atomic E-state index is 0.293. The van der Waals surface area contributed by atoms with Crippen molar-refractivity contribution in [1.82, 2.24) is 15.5 Å². The molecule has 0 spiro atoms. The summed E-state index contributed by atoms with van der Waals surface area (Å²) in [6, 6.07) is 0.506. The summed E-state index contributed by atoms with van der Waals surface area (Å²) in [4.78, 5) is 7.27. The van der Waals surface area contributed by atoms with Crippen LogP contribution in [-0.2, 0) is 14.2 Å².